The summed E-state index contributed by atoms with van der Waals surface area (Å²) < 4.78 is 31.2. The summed E-state index contributed by atoms with van der Waals surface area (Å²) in [6.45, 7) is 1.69. The third-order valence-corrected chi connectivity index (χ3v) is 2.04. The summed E-state index contributed by atoms with van der Waals surface area (Å²) in [7, 11) is 0. The normalized spacial score (nSPS) is 10.3. The van der Waals surface area contributed by atoms with Gasteiger partial charge < -0.3 is 10.5 Å². The van der Waals surface area contributed by atoms with Crippen LogP contribution in [0, 0.1) is 18.6 Å². The Kier molecular flexibility index (Phi) is 2.86. The minimum atomic E-state index is -0.804. The molecule has 0 aliphatic heterocycles. The van der Waals surface area contributed by atoms with Crippen molar-refractivity contribution < 1.29 is 13.5 Å². The van der Waals surface area contributed by atoms with Crippen LogP contribution in [0.15, 0.2) is 24.4 Å². The molecule has 2 N–H and O–H groups in total. The average molecular weight is 237 g/mol. The second-order valence-corrected chi connectivity index (χ2v) is 3.39. The first-order valence-corrected chi connectivity index (χ1v) is 4.78. The lowest BCUT2D eigenvalue weighted by molar-refractivity contribution is 0.420. The van der Waals surface area contributed by atoms with Gasteiger partial charge in [0, 0.05) is 17.8 Å². The molecule has 0 spiro atoms. The molecule has 0 bridgehead atoms. The van der Waals surface area contributed by atoms with E-state index < -0.39 is 11.6 Å². The minimum Gasteiger partial charge on any atom is -0.435 e. The number of aromatic nitrogens is 2. The van der Waals surface area contributed by atoms with Gasteiger partial charge >= 0.3 is 0 Å². The van der Waals surface area contributed by atoms with E-state index in [4.69, 9.17) is 10.5 Å². The van der Waals surface area contributed by atoms with Gasteiger partial charge in [-0.15, -0.1) is 0 Å². The number of ether oxygens (including phenoxy) is 1. The molecule has 6 heteroatoms. The number of anilines is 1. The van der Waals surface area contributed by atoms with Gasteiger partial charge in [-0.25, -0.2) is 13.8 Å². The topological polar surface area (TPSA) is 61.0 Å². The largest absolute Gasteiger partial charge is 0.435 e. The minimum absolute atomic E-state index is 0.0214. The molecule has 0 atom stereocenters. The van der Waals surface area contributed by atoms with Gasteiger partial charge in [-0.3, -0.25) is 0 Å². The highest BCUT2D eigenvalue weighted by molar-refractivity contribution is 5.34. The smallest absolute Gasteiger partial charge is 0.227 e. The fourth-order valence-corrected chi connectivity index (χ4v) is 1.20. The van der Waals surface area contributed by atoms with Gasteiger partial charge in [0.25, 0.3) is 0 Å². The van der Waals surface area contributed by atoms with Crippen LogP contribution in [-0.2, 0) is 0 Å². The molecule has 2 aromatic rings. The van der Waals surface area contributed by atoms with Crippen LogP contribution in [0.3, 0.4) is 0 Å². The van der Waals surface area contributed by atoms with Crippen LogP contribution < -0.4 is 10.5 Å². The first-order valence-electron chi connectivity index (χ1n) is 4.78. The van der Waals surface area contributed by atoms with Crippen molar-refractivity contribution in [1.29, 1.82) is 0 Å². The van der Waals surface area contributed by atoms with Crippen LogP contribution in [0.4, 0.5) is 14.7 Å². The van der Waals surface area contributed by atoms with Crippen molar-refractivity contribution >= 4 is 5.95 Å². The Balaban J connectivity index is 2.34. The van der Waals surface area contributed by atoms with Crippen LogP contribution in [0.2, 0.25) is 0 Å². The maximum atomic E-state index is 13.3. The number of aryl methyl sites for hydroxylation is 1. The molecule has 0 saturated carbocycles. The van der Waals surface area contributed by atoms with Crippen molar-refractivity contribution in [3.8, 4) is 11.6 Å². The van der Waals surface area contributed by atoms with Gasteiger partial charge in [-0.05, 0) is 19.1 Å². The first kappa shape index (κ1) is 11.3. The van der Waals surface area contributed by atoms with E-state index in [1.807, 2.05) is 0 Å². The Bertz CT molecular complexity index is 560. The maximum absolute atomic E-state index is 13.3. The number of nitrogens with two attached hydrogens (primary N) is 1. The molecule has 2 rings (SSSR count). The highest BCUT2D eigenvalue weighted by Gasteiger charge is 2.09. The maximum Gasteiger partial charge on any atom is 0.227 e. The van der Waals surface area contributed by atoms with E-state index in [2.05, 4.69) is 9.97 Å². The van der Waals surface area contributed by atoms with Crippen molar-refractivity contribution in [3.05, 3.63) is 41.6 Å². The van der Waals surface area contributed by atoms with E-state index in [9.17, 15) is 8.78 Å². The van der Waals surface area contributed by atoms with Crippen LogP contribution in [0.25, 0.3) is 0 Å². The van der Waals surface area contributed by atoms with Gasteiger partial charge in [-0.2, -0.15) is 4.98 Å². The third kappa shape index (κ3) is 2.47. The summed E-state index contributed by atoms with van der Waals surface area (Å²) in [5, 5.41) is 0. The molecule has 88 valence electrons. The number of nitrogen functional groups attached to an aromatic ring is 1. The number of halogens is 2. The van der Waals surface area contributed by atoms with Crippen molar-refractivity contribution in [2.24, 2.45) is 0 Å². The summed E-state index contributed by atoms with van der Waals surface area (Å²) in [4.78, 5) is 7.57. The van der Waals surface area contributed by atoms with Gasteiger partial charge in [-0.1, -0.05) is 0 Å². The molecule has 0 amide bonds. The standard InChI is InChI=1S/C11H9F2N3O/c1-6-5-15-11(14)16-10(6)17-9-3-2-7(12)4-8(9)13/h2-5H,1H3,(H2,14,15,16). The van der Waals surface area contributed by atoms with Gasteiger partial charge in [0.2, 0.25) is 11.8 Å². The molecule has 0 unspecified atom stereocenters. The van der Waals surface area contributed by atoms with Crippen molar-refractivity contribution in [2.45, 2.75) is 6.92 Å². The van der Waals surface area contributed by atoms with Gasteiger partial charge in [0.15, 0.2) is 11.6 Å². The Labute approximate surface area is 96.1 Å². The zero-order valence-electron chi connectivity index (χ0n) is 8.95. The third-order valence-electron chi connectivity index (χ3n) is 2.04. The zero-order chi connectivity index (χ0) is 12.4. The summed E-state index contributed by atoms with van der Waals surface area (Å²) >= 11 is 0. The van der Waals surface area contributed by atoms with Crippen LogP contribution in [-0.4, -0.2) is 9.97 Å². The lowest BCUT2D eigenvalue weighted by atomic mass is 10.3. The molecule has 0 saturated heterocycles. The lowest BCUT2D eigenvalue weighted by Gasteiger charge is -2.08. The van der Waals surface area contributed by atoms with Crippen LogP contribution in [0.1, 0.15) is 5.56 Å². The fourth-order valence-electron chi connectivity index (χ4n) is 1.20. The Morgan fingerprint density at radius 1 is 1.29 bits per heavy atom. The molecular weight excluding hydrogens is 228 g/mol. The molecule has 0 aliphatic rings. The van der Waals surface area contributed by atoms with E-state index in [-0.39, 0.29) is 17.6 Å². The van der Waals surface area contributed by atoms with Crippen molar-refractivity contribution in [1.82, 2.24) is 9.97 Å². The monoisotopic (exact) mass is 237 g/mol. The number of rotatable bonds is 2. The fraction of sp³-hybridized carbons (Fsp3) is 0.0909. The number of hydrogen-bond acceptors (Lipinski definition) is 4. The van der Waals surface area contributed by atoms with E-state index in [1.54, 1.807) is 6.92 Å². The van der Waals surface area contributed by atoms with E-state index in [0.29, 0.717) is 5.56 Å². The predicted molar refractivity (Wildman–Crippen MR) is 57.6 cm³/mol. The summed E-state index contributed by atoms with van der Waals surface area (Å²) in [5.41, 5.74) is 5.99. The average Bonchev–Trinajstić information content (AvgIpc) is 2.27. The predicted octanol–water partition coefficient (Wildman–Crippen LogP) is 2.44. The first-order chi connectivity index (χ1) is 8.06. The second-order valence-electron chi connectivity index (χ2n) is 3.39. The Morgan fingerprint density at radius 2 is 2.06 bits per heavy atom. The number of hydrogen-bond donors (Lipinski definition) is 1. The molecule has 0 aliphatic carbocycles. The van der Waals surface area contributed by atoms with Crippen molar-refractivity contribution in [3.63, 3.8) is 0 Å². The Hall–Kier alpha value is -2.24. The van der Waals surface area contributed by atoms with E-state index in [1.165, 1.54) is 12.3 Å². The molecule has 17 heavy (non-hydrogen) atoms. The highest BCUT2D eigenvalue weighted by Crippen LogP contribution is 2.25. The molecule has 1 aromatic carbocycles. The summed E-state index contributed by atoms with van der Waals surface area (Å²) in [6.07, 6.45) is 1.46. The quantitative estimate of drug-likeness (QED) is 0.871. The summed E-state index contributed by atoms with van der Waals surface area (Å²) in [5.74, 6) is -1.43. The number of benzene rings is 1. The van der Waals surface area contributed by atoms with Crippen LogP contribution >= 0.6 is 0 Å². The number of nitrogens with zero attached hydrogens (tertiary/aromatic N) is 2. The highest BCUT2D eigenvalue weighted by atomic mass is 19.1. The molecular formula is C11H9F2N3O. The van der Waals surface area contributed by atoms with Crippen molar-refractivity contribution in [2.75, 3.05) is 5.73 Å². The molecule has 1 heterocycles. The van der Waals surface area contributed by atoms with E-state index in [0.717, 1.165) is 12.1 Å². The second kappa shape index (κ2) is 4.32. The zero-order valence-corrected chi connectivity index (χ0v) is 8.95. The lowest BCUT2D eigenvalue weighted by Crippen LogP contribution is -1.99. The SMILES string of the molecule is Cc1cnc(N)nc1Oc1ccc(F)cc1F. The van der Waals surface area contributed by atoms with Gasteiger partial charge in [0.1, 0.15) is 5.82 Å². The summed E-state index contributed by atoms with van der Waals surface area (Å²) in [6, 6.07) is 3.01. The molecule has 1 aromatic heterocycles. The van der Waals surface area contributed by atoms with E-state index >= 15 is 0 Å². The molecule has 4 nitrogen and oxygen atoms in total. The van der Waals surface area contributed by atoms with Crippen LogP contribution in [0.5, 0.6) is 11.6 Å². The van der Waals surface area contributed by atoms with Gasteiger partial charge in [0.05, 0.1) is 0 Å². The molecule has 0 radical (unpaired) electrons. The molecule has 0 fully saturated rings. The Morgan fingerprint density at radius 3 is 2.76 bits per heavy atom.